The molecule has 0 atom stereocenters. The number of aromatic nitrogens is 5. The molecule has 3 heterocycles. The Morgan fingerprint density at radius 1 is 0.230 bits per heavy atom. The first-order chi connectivity index (χ1) is 36.7. The molecule has 11 aromatic carbocycles. The Morgan fingerprint density at radius 2 is 0.554 bits per heavy atom. The summed E-state index contributed by atoms with van der Waals surface area (Å²) in [5, 5.41) is 4.73. The van der Waals surface area contributed by atoms with Crippen LogP contribution in [0.4, 0.5) is 0 Å². The van der Waals surface area contributed by atoms with Crippen LogP contribution in [0.3, 0.4) is 0 Å². The van der Waals surface area contributed by atoms with Gasteiger partial charge in [0.05, 0.1) is 27.8 Å². The Bertz CT molecular complexity index is 4190. The maximum atomic E-state index is 5.35. The van der Waals surface area contributed by atoms with Crippen LogP contribution in [0.25, 0.3) is 134 Å². The molecule has 346 valence electrons. The number of hydrogen-bond acceptors (Lipinski definition) is 3. The van der Waals surface area contributed by atoms with Crippen molar-refractivity contribution in [3.8, 4) is 90.0 Å². The highest BCUT2D eigenvalue weighted by Crippen LogP contribution is 2.47. The summed E-state index contributed by atoms with van der Waals surface area (Å²) >= 11 is 0. The molecular weight excluding hydrogens is 899 g/mol. The number of rotatable bonds is 9. The lowest BCUT2D eigenvalue weighted by atomic mass is 9.91. The summed E-state index contributed by atoms with van der Waals surface area (Å²) in [5.74, 6) is 1.81. The Kier molecular flexibility index (Phi) is 10.4. The van der Waals surface area contributed by atoms with E-state index >= 15 is 0 Å². The fraction of sp³-hybridized carbons (Fsp3) is 0. The molecular formula is C69H45N5. The summed E-state index contributed by atoms with van der Waals surface area (Å²) in [5.41, 5.74) is 18.2. The molecule has 14 aromatic rings. The molecule has 0 unspecified atom stereocenters. The zero-order valence-corrected chi connectivity index (χ0v) is 40.2. The van der Waals surface area contributed by atoms with Gasteiger partial charge in [-0.15, -0.1) is 0 Å². The van der Waals surface area contributed by atoms with Crippen molar-refractivity contribution in [1.82, 2.24) is 24.1 Å². The fourth-order valence-electron chi connectivity index (χ4n) is 10.9. The van der Waals surface area contributed by atoms with Gasteiger partial charge in [-0.3, -0.25) is 0 Å². The van der Waals surface area contributed by atoms with E-state index in [0.717, 1.165) is 94.6 Å². The van der Waals surface area contributed by atoms with E-state index in [0.29, 0.717) is 17.5 Å². The zero-order valence-electron chi connectivity index (χ0n) is 40.2. The van der Waals surface area contributed by atoms with Crippen LogP contribution in [-0.4, -0.2) is 24.1 Å². The molecule has 5 heteroatoms. The number of nitrogens with zero attached hydrogens (tertiary/aromatic N) is 5. The summed E-state index contributed by atoms with van der Waals surface area (Å²) in [7, 11) is 0. The normalized spacial score (nSPS) is 11.5. The molecule has 0 bridgehead atoms. The van der Waals surface area contributed by atoms with Crippen LogP contribution in [0, 0.1) is 0 Å². The van der Waals surface area contributed by atoms with Crippen molar-refractivity contribution in [2.75, 3.05) is 0 Å². The molecule has 0 N–H and O–H groups in total. The molecule has 0 fully saturated rings. The minimum absolute atomic E-state index is 0.586. The van der Waals surface area contributed by atoms with E-state index in [1.807, 2.05) is 36.4 Å². The second-order valence-electron chi connectivity index (χ2n) is 18.7. The van der Waals surface area contributed by atoms with Crippen molar-refractivity contribution < 1.29 is 0 Å². The van der Waals surface area contributed by atoms with Crippen LogP contribution in [-0.2, 0) is 0 Å². The third-order valence-corrected chi connectivity index (χ3v) is 14.4. The van der Waals surface area contributed by atoms with E-state index < -0.39 is 0 Å². The van der Waals surface area contributed by atoms with E-state index in [-0.39, 0.29) is 0 Å². The van der Waals surface area contributed by atoms with Gasteiger partial charge in [-0.1, -0.05) is 237 Å². The van der Waals surface area contributed by atoms with Crippen molar-refractivity contribution in [3.05, 3.63) is 273 Å². The quantitative estimate of drug-likeness (QED) is 0.145. The van der Waals surface area contributed by atoms with E-state index in [4.69, 9.17) is 15.0 Å². The number of benzene rings is 11. The molecule has 0 aliphatic carbocycles. The molecule has 0 aliphatic heterocycles. The first-order valence-corrected chi connectivity index (χ1v) is 25.1. The summed E-state index contributed by atoms with van der Waals surface area (Å²) in [4.78, 5) is 15.8. The number of hydrogen-bond donors (Lipinski definition) is 0. The minimum Gasteiger partial charge on any atom is -0.307 e. The summed E-state index contributed by atoms with van der Waals surface area (Å²) in [6, 6.07) is 97.4. The topological polar surface area (TPSA) is 48.5 Å². The van der Waals surface area contributed by atoms with Crippen LogP contribution in [0.1, 0.15) is 0 Å². The standard InChI is InChI=1S/C69H45N5/c1-6-20-46(21-7-1)48-34-38-50(39-35-48)60-44-54(69-71-67(52-24-10-3-11-25-52)70-68(72-69)53-26-12-4-13-27-53)45-61(51-40-36-49(37-41-51)47-22-8-2-9-23-47)64(60)74-63-33-19-17-31-57(63)59-43-42-58-56-30-16-18-32-62(56)73(65(58)66(59)74)55-28-14-5-15-29-55/h1-45H. The highest BCUT2D eigenvalue weighted by atomic mass is 15.1. The second kappa shape index (κ2) is 18.0. The Balaban J connectivity index is 1.14. The molecule has 0 amide bonds. The van der Waals surface area contributed by atoms with Crippen LogP contribution < -0.4 is 0 Å². The second-order valence-corrected chi connectivity index (χ2v) is 18.7. The van der Waals surface area contributed by atoms with Gasteiger partial charge in [0.25, 0.3) is 0 Å². The summed E-state index contributed by atoms with van der Waals surface area (Å²) < 4.78 is 5.01. The smallest absolute Gasteiger partial charge is 0.164 e. The SMILES string of the molecule is c1ccc(-c2ccc(-c3cc(-c4nc(-c5ccccc5)nc(-c5ccccc5)n4)cc(-c4ccc(-c5ccccc5)cc4)c3-n3c4ccccc4c4ccc5c6ccccc6n(-c6ccccc6)c5c43)cc2)cc1. The lowest BCUT2D eigenvalue weighted by molar-refractivity contribution is 1.07. The van der Waals surface area contributed by atoms with E-state index in [9.17, 15) is 0 Å². The van der Waals surface area contributed by atoms with Gasteiger partial charge in [-0.25, -0.2) is 15.0 Å². The highest BCUT2D eigenvalue weighted by molar-refractivity contribution is 6.24. The fourth-order valence-corrected chi connectivity index (χ4v) is 10.9. The summed E-state index contributed by atoms with van der Waals surface area (Å²) in [6.45, 7) is 0. The van der Waals surface area contributed by atoms with E-state index in [1.165, 1.54) is 21.5 Å². The lowest BCUT2D eigenvalue weighted by Gasteiger charge is -2.22. The van der Waals surface area contributed by atoms with Gasteiger partial charge in [0.1, 0.15) is 0 Å². The van der Waals surface area contributed by atoms with Crippen LogP contribution in [0.5, 0.6) is 0 Å². The largest absolute Gasteiger partial charge is 0.307 e. The van der Waals surface area contributed by atoms with Gasteiger partial charge < -0.3 is 9.13 Å². The first-order valence-electron chi connectivity index (χ1n) is 25.1. The third-order valence-electron chi connectivity index (χ3n) is 14.4. The molecule has 0 aliphatic rings. The average molecular weight is 944 g/mol. The van der Waals surface area contributed by atoms with E-state index in [1.54, 1.807) is 0 Å². The van der Waals surface area contributed by atoms with Crippen LogP contribution >= 0.6 is 0 Å². The Morgan fingerprint density at radius 3 is 1.00 bits per heavy atom. The van der Waals surface area contributed by atoms with Gasteiger partial charge >= 0.3 is 0 Å². The molecule has 0 radical (unpaired) electrons. The Hall–Kier alpha value is -9.97. The maximum Gasteiger partial charge on any atom is 0.164 e. The van der Waals surface area contributed by atoms with Crippen molar-refractivity contribution in [3.63, 3.8) is 0 Å². The van der Waals surface area contributed by atoms with Crippen molar-refractivity contribution in [2.45, 2.75) is 0 Å². The van der Waals surface area contributed by atoms with Gasteiger partial charge in [0.2, 0.25) is 0 Å². The monoisotopic (exact) mass is 943 g/mol. The highest BCUT2D eigenvalue weighted by Gasteiger charge is 2.26. The molecule has 5 nitrogen and oxygen atoms in total. The molecule has 74 heavy (non-hydrogen) atoms. The van der Waals surface area contributed by atoms with Crippen molar-refractivity contribution in [2.24, 2.45) is 0 Å². The van der Waals surface area contributed by atoms with Gasteiger partial charge in [0.15, 0.2) is 17.5 Å². The predicted octanol–water partition coefficient (Wildman–Crippen LogP) is 17.7. The number of fused-ring (bicyclic) bond motifs is 7. The number of para-hydroxylation sites is 3. The van der Waals surface area contributed by atoms with Crippen molar-refractivity contribution in [1.29, 1.82) is 0 Å². The van der Waals surface area contributed by atoms with E-state index in [2.05, 4.69) is 246 Å². The zero-order chi connectivity index (χ0) is 49.0. The molecule has 0 spiro atoms. The van der Waals surface area contributed by atoms with Gasteiger partial charge in [0, 0.05) is 55.0 Å². The lowest BCUT2D eigenvalue weighted by Crippen LogP contribution is -2.05. The molecule has 14 rings (SSSR count). The van der Waals surface area contributed by atoms with Crippen LogP contribution in [0.15, 0.2) is 273 Å². The summed E-state index contributed by atoms with van der Waals surface area (Å²) in [6.07, 6.45) is 0. The molecule has 0 saturated carbocycles. The maximum absolute atomic E-state index is 5.35. The third kappa shape index (κ3) is 7.37. The average Bonchev–Trinajstić information content (AvgIpc) is 4.02. The van der Waals surface area contributed by atoms with Gasteiger partial charge in [-0.05, 0) is 69.8 Å². The van der Waals surface area contributed by atoms with Crippen LogP contribution in [0.2, 0.25) is 0 Å². The first kappa shape index (κ1) is 42.9. The molecule has 0 saturated heterocycles. The van der Waals surface area contributed by atoms with Crippen molar-refractivity contribution >= 4 is 43.6 Å². The Labute approximate surface area is 428 Å². The van der Waals surface area contributed by atoms with Gasteiger partial charge in [-0.2, -0.15) is 0 Å². The minimum atomic E-state index is 0.586. The predicted molar refractivity (Wildman–Crippen MR) is 307 cm³/mol. The molecule has 3 aromatic heterocycles.